The average molecular weight is 263 g/mol. The number of halogens is 1. The molecule has 19 heavy (non-hydrogen) atoms. The Morgan fingerprint density at radius 1 is 1.53 bits per heavy atom. The van der Waals surface area contributed by atoms with Crippen LogP contribution < -0.4 is 11.1 Å². The van der Waals surface area contributed by atoms with E-state index in [-0.39, 0.29) is 5.56 Å². The summed E-state index contributed by atoms with van der Waals surface area (Å²) in [7, 11) is 1.76. The molecule has 0 radical (unpaired) electrons. The Kier molecular flexibility index (Phi) is 3.74. The van der Waals surface area contributed by atoms with Gasteiger partial charge in [-0.2, -0.15) is 5.10 Å². The third kappa shape index (κ3) is 3.27. The van der Waals surface area contributed by atoms with E-state index in [1.807, 2.05) is 0 Å². The molecule has 0 spiro atoms. The molecule has 2 aromatic rings. The van der Waals surface area contributed by atoms with Crippen molar-refractivity contribution in [3.63, 3.8) is 0 Å². The Hall–Kier alpha value is -2.44. The molecule has 0 fully saturated rings. The third-order valence-electron chi connectivity index (χ3n) is 2.52. The largest absolute Gasteiger partial charge is 0.399 e. The summed E-state index contributed by atoms with van der Waals surface area (Å²) in [6.45, 7) is 0.330. The first-order chi connectivity index (χ1) is 9.06. The van der Waals surface area contributed by atoms with Crippen LogP contribution >= 0.6 is 0 Å². The van der Waals surface area contributed by atoms with E-state index in [2.05, 4.69) is 15.4 Å². The number of amides is 1. The summed E-state index contributed by atoms with van der Waals surface area (Å²) in [6.07, 6.45) is 2.06. The lowest BCUT2D eigenvalue weighted by molar-refractivity contribution is 0.0950. The van der Waals surface area contributed by atoms with E-state index in [1.54, 1.807) is 18.1 Å². The Bertz CT molecular complexity index is 596. The van der Waals surface area contributed by atoms with Crippen molar-refractivity contribution < 1.29 is 9.18 Å². The number of hydrogen-bond acceptors (Lipinski definition) is 4. The molecule has 0 aliphatic heterocycles. The van der Waals surface area contributed by atoms with Gasteiger partial charge in [-0.3, -0.25) is 9.48 Å². The molecule has 1 aromatic heterocycles. The molecular formula is C12H14FN5O. The predicted molar refractivity (Wildman–Crippen MR) is 67.9 cm³/mol. The topological polar surface area (TPSA) is 85.8 Å². The number of nitrogens with one attached hydrogen (secondary N) is 1. The number of rotatable bonds is 4. The minimum Gasteiger partial charge on any atom is -0.399 e. The smallest absolute Gasteiger partial charge is 0.254 e. The second-order valence-electron chi connectivity index (χ2n) is 4.08. The molecule has 7 heteroatoms. The summed E-state index contributed by atoms with van der Waals surface area (Å²) < 4.78 is 15.0. The lowest BCUT2D eigenvalue weighted by Crippen LogP contribution is -2.27. The molecule has 2 rings (SSSR count). The Labute approximate surface area is 109 Å². The maximum absolute atomic E-state index is 13.4. The molecule has 0 bridgehead atoms. The van der Waals surface area contributed by atoms with E-state index in [1.165, 1.54) is 18.2 Å². The lowest BCUT2D eigenvalue weighted by atomic mass is 10.1. The fourth-order valence-corrected chi connectivity index (χ4v) is 1.60. The second kappa shape index (κ2) is 5.47. The van der Waals surface area contributed by atoms with Crippen molar-refractivity contribution in [3.05, 3.63) is 41.7 Å². The Morgan fingerprint density at radius 2 is 2.32 bits per heavy atom. The van der Waals surface area contributed by atoms with Crippen molar-refractivity contribution in [1.82, 2.24) is 20.1 Å². The number of aromatic nitrogens is 3. The molecule has 0 aliphatic rings. The fourth-order valence-electron chi connectivity index (χ4n) is 1.60. The van der Waals surface area contributed by atoms with Crippen LogP contribution in [0.25, 0.3) is 0 Å². The first-order valence-corrected chi connectivity index (χ1v) is 5.74. The minimum absolute atomic E-state index is 0.0611. The van der Waals surface area contributed by atoms with Crippen LogP contribution in [0.3, 0.4) is 0 Å². The minimum atomic E-state index is -0.595. The molecule has 1 heterocycles. The summed E-state index contributed by atoms with van der Waals surface area (Å²) in [5.41, 5.74) is 5.80. The third-order valence-corrected chi connectivity index (χ3v) is 2.52. The second-order valence-corrected chi connectivity index (χ2v) is 4.08. The van der Waals surface area contributed by atoms with E-state index < -0.39 is 11.7 Å². The van der Waals surface area contributed by atoms with Gasteiger partial charge in [-0.25, -0.2) is 9.37 Å². The zero-order valence-corrected chi connectivity index (χ0v) is 10.4. The predicted octanol–water partition coefficient (Wildman–Crippen LogP) is 0.509. The highest BCUT2D eigenvalue weighted by Gasteiger charge is 2.11. The number of nitrogens with two attached hydrogens (primary N) is 1. The molecule has 6 nitrogen and oxygen atoms in total. The lowest BCUT2D eigenvalue weighted by Gasteiger charge is -2.05. The number of aryl methyl sites for hydroxylation is 1. The van der Waals surface area contributed by atoms with Gasteiger partial charge in [0.2, 0.25) is 0 Å². The van der Waals surface area contributed by atoms with Gasteiger partial charge in [-0.05, 0) is 18.2 Å². The van der Waals surface area contributed by atoms with Gasteiger partial charge in [0, 0.05) is 25.7 Å². The van der Waals surface area contributed by atoms with Crippen molar-refractivity contribution in [2.45, 2.75) is 6.42 Å². The number of nitrogens with zero attached hydrogens (tertiary/aromatic N) is 3. The molecule has 1 amide bonds. The van der Waals surface area contributed by atoms with Crippen LogP contribution in [0, 0.1) is 5.82 Å². The van der Waals surface area contributed by atoms with E-state index in [0.29, 0.717) is 24.5 Å². The summed E-state index contributed by atoms with van der Waals surface area (Å²) in [4.78, 5) is 15.8. The first kappa shape index (κ1) is 13.0. The van der Waals surface area contributed by atoms with Crippen molar-refractivity contribution in [1.29, 1.82) is 0 Å². The van der Waals surface area contributed by atoms with Gasteiger partial charge in [0.1, 0.15) is 12.1 Å². The summed E-state index contributed by atoms with van der Waals surface area (Å²) in [5, 5.41) is 6.67. The van der Waals surface area contributed by atoms with Gasteiger partial charge in [0.15, 0.2) is 5.82 Å². The van der Waals surface area contributed by atoms with Crippen LogP contribution in [-0.2, 0) is 13.5 Å². The summed E-state index contributed by atoms with van der Waals surface area (Å²) in [5.74, 6) is -0.473. The van der Waals surface area contributed by atoms with E-state index in [4.69, 9.17) is 5.73 Å². The highest BCUT2D eigenvalue weighted by molar-refractivity contribution is 5.95. The summed E-state index contributed by atoms with van der Waals surface area (Å²) >= 11 is 0. The molecule has 3 N–H and O–H groups in total. The maximum atomic E-state index is 13.4. The van der Waals surface area contributed by atoms with Crippen molar-refractivity contribution in [2.24, 2.45) is 7.05 Å². The van der Waals surface area contributed by atoms with Gasteiger partial charge in [-0.15, -0.1) is 0 Å². The maximum Gasteiger partial charge on any atom is 0.254 e. The summed E-state index contributed by atoms with van der Waals surface area (Å²) in [6, 6.07) is 3.89. The number of carbonyl (C=O) groups excluding carboxylic acids is 1. The zero-order valence-electron chi connectivity index (χ0n) is 10.4. The van der Waals surface area contributed by atoms with Gasteiger partial charge in [0.25, 0.3) is 5.91 Å². The molecule has 0 saturated carbocycles. The normalized spacial score (nSPS) is 10.4. The molecule has 0 atom stereocenters. The fraction of sp³-hybridized carbons (Fsp3) is 0.250. The highest BCUT2D eigenvalue weighted by atomic mass is 19.1. The number of hydrogen-bond donors (Lipinski definition) is 2. The highest BCUT2D eigenvalue weighted by Crippen LogP contribution is 2.11. The molecule has 1 aromatic carbocycles. The van der Waals surface area contributed by atoms with E-state index >= 15 is 0 Å². The number of anilines is 1. The Balaban J connectivity index is 1.92. The molecule has 0 aliphatic carbocycles. The van der Waals surface area contributed by atoms with Crippen LogP contribution in [-0.4, -0.2) is 27.2 Å². The van der Waals surface area contributed by atoms with Crippen molar-refractivity contribution in [3.8, 4) is 0 Å². The number of carbonyl (C=O) groups is 1. The SMILES string of the molecule is Cn1cnc(CCNC(=O)c2cc(N)ccc2F)n1. The number of benzene rings is 1. The quantitative estimate of drug-likeness (QED) is 0.787. The van der Waals surface area contributed by atoms with Crippen LogP contribution in [0.1, 0.15) is 16.2 Å². The van der Waals surface area contributed by atoms with Crippen LogP contribution in [0.4, 0.5) is 10.1 Å². The molecule has 0 saturated heterocycles. The zero-order chi connectivity index (χ0) is 13.8. The standard InChI is InChI=1S/C12H14FN5O/c1-18-7-16-11(17-18)4-5-15-12(19)9-6-8(14)2-3-10(9)13/h2-3,6-7H,4-5,14H2,1H3,(H,15,19). The molecule has 0 unspecified atom stereocenters. The van der Waals surface area contributed by atoms with Gasteiger partial charge < -0.3 is 11.1 Å². The molecular weight excluding hydrogens is 249 g/mol. The van der Waals surface area contributed by atoms with Crippen LogP contribution in [0.5, 0.6) is 0 Å². The Morgan fingerprint density at radius 3 is 3.00 bits per heavy atom. The van der Waals surface area contributed by atoms with Gasteiger partial charge >= 0.3 is 0 Å². The van der Waals surface area contributed by atoms with Gasteiger partial charge in [-0.1, -0.05) is 0 Å². The van der Waals surface area contributed by atoms with Crippen molar-refractivity contribution in [2.75, 3.05) is 12.3 Å². The molecule has 100 valence electrons. The average Bonchev–Trinajstić information content (AvgIpc) is 2.78. The van der Waals surface area contributed by atoms with Crippen LogP contribution in [0.15, 0.2) is 24.5 Å². The first-order valence-electron chi connectivity index (χ1n) is 5.74. The van der Waals surface area contributed by atoms with Gasteiger partial charge in [0.05, 0.1) is 5.56 Å². The van der Waals surface area contributed by atoms with Crippen molar-refractivity contribution >= 4 is 11.6 Å². The van der Waals surface area contributed by atoms with E-state index in [9.17, 15) is 9.18 Å². The monoisotopic (exact) mass is 263 g/mol. The van der Waals surface area contributed by atoms with Crippen LogP contribution in [0.2, 0.25) is 0 Å². The number of nitrogen functional groups attached to an aromatic ring is 1. The van der Waals surface area contributed by atoms with E-state index in [0.717, 1.165) is 0 Å².